The molecule has 146 heavy (non-hydrogen) atoms. The van der Waals surface area contributed by atoms with Crippen molar-refractivity contribution in [1.82, 2.24) is 19.9 Å². The van der Waals surface area contributed by atoms with E-state index in [1.54, 1.807) is 157 Å². The Morgan fingerprint density at radius 3 is 0.870 bits per heavy atom. The summed E-state index contributed by atoms with van der Waals surface area (Å²) in [6, 6.07) is 52.0. The maximum absolute atomic E-state index is 13.4. The number of halogens is 15. The van der Waals surface area contributed by atoms with Crippen LogP contribution in [0.5, 0.6) is 0 Å². The van der Waals surface area contributed by atoms with Crippen molar-refractivity contribution in [1.29, 1.82) is 21.6 Å². The Bertz CT molecular complexity index is 6700. The van der Waals surface area contributed by atoms with Crippen LogP contribution in [0.4, 0.5) is 76.0 Å². The fourth-order valence-corrected chi connectivity index (χ4v) is 13.0. The number of esters is 1. The van der Waals surface area contributed by atoms with Gasteiger partial charge in [0.05, 0.1) is 53.2 Å². The number of aromatic nitrogens is 4. The molecule has 0 aliphatic carbocycles. The summed E-state index contributed by atoms with van der Waals surface area (Å²) in [5.41, 5.74) is 10.2. The van der Waals surface area contributed by atoms with E-state index in [2.05, 4.69) is 105 Å². The number of carbonyl (C=O) groups is 9. The molecule has 0 saturated carbocycles. The van der Waals surface area contributed by atoms with Gasteiger partial charge in [-0.3, -0.25) is 54.0 Å². The maximum Gasteiger partial charge on any atom is 0.416 e. The fourth-order valence-electron chi connectivity index (χ4n) is 12.5. The number of hydrogen-bond acceptors (Lipinski definition) is 18. The minimum absolute atomic E-state index is 0. The number of Topliss-reactive ketones (excluding diaryl/α,β-unsaturated/α-hetero) is 4. The van der Waals surface area contributed by atoms with E-state index in [4.69, 9.17) is 44.3 Å². The third-order valence-electron chi connectivity index (χ3n) is 19.3. The summed E-state index contributed by atoms with van der Waals surface area (Å²) < 4.78 is 165. The van der Waals surface area contributed by atoms with Crippen LogP contribution in [-0.4, -0.2) is 101 Å². The highest BCUT2D eigenvalue weighted by Crippen LogP contribution is 2.36. The first kappa shape index (κ1) is 118. The van der Waals surface area contributed by atoms with Crippen LogP contribution in [0.1, 0.15) is 226 Å². The Balaban J connectivity index is 0.000000283. The molecular weight excluding hydrogens is 2070 g/mol. The Hall–Kier alpha value is -16.6. The molecule has 0 radical (unpaired) electrons. The molecule has 0 atom stereocenters. The molecule has 8 aromatic carbocycles. The number of anilines is 4. The Labute approximate surface area is 856 Å². The van der Waals surface area contributed by atoms with Gasteiger partial charge in [-0.05, 0) is 270 Å². The standard InChI is InChI=1S/C26H20F3N3O2.2C25H19F3N4O2.C18H18F3NO3.C13H11IN2O.2ClH/c1-16-6-7-18(14-22(16)25(34)32-24-5-3-4-10-31-24)8-9-19-12-20(23(33)11-17(2)30)15-21(13-19)26(27,28)29;2*1-15-5-6-16(12-20(15)24(34)32-23-4-2-3-9-31-23)7-8-17-10-18(21(33)14-22(29)30)13-19(11-17)25(26,27)28;1-5-11-6-12(8-13(7-11)18(19,20)21)15(23)9-14(22)10-16(24)25-17(2,3)4;1-9-5-6-10(14)8-11(9)13(17)16-12-4-2-3-7-15-12;;/h3-7,10,12-15,30H,11H2,1-2H3,(H,31,32,34);2*2-6,9-13H,14H2,1H3,(H3,29,30)(H,31,32,34);1,6-8,22H,9-10H2,2-4H3;2-8H,1H3,(H,15,16,17);2*1H. The predicted molar refractivity (Wildman–Crippen MR) is 544 cm³/mol. The van der Waals surface area contributed by atoms with E-state index in [9.17, 15) is 95.8 Å². The summed E-state index contributed by atoms with van der Waals surface area (Å²) >= 11 is 2.19. The largest absolute Gasteiger partial charge is 0.460 e. The van der Waals surface area contributed by atoms with Gasteiger partial charge >= 0.3 is 30.7 Å². The molecule has 12 rings (SSSR count). The van der Waals surface area contributed by atoms with Crippen molar-refractivity contribution in [3.05, 3.63) is 375 Å². The molecular formula is C107H89Cl2F12IN14O10. The number of terminal acetylenes is 1. The smallest absolute Gasteiger partial charge is 0.416 e. The predicted octanol–water partition coefficient (Wildman–Crippen LogP) is 22.9. The third-order valence-corrected chi connectivity index (χ3v) is 20.0. The molecule has 4 aromatic heterocycles. The minimum Gasteiger partial charge on any atom is -0.460 e. The van der Waals surface area contributed by atoms with Gasteiger partial charge in [0.25, 0.3) is 23.6 Å². The van der Waals surface area contributed by atoms with Crippen LogP contribution in [0.25, 0.3) is 0 Å². The number of ether oxygens (including phenoxy) is 1. The summed E-state index contributed by atoms with van der Waals surface area (Å²) in [5.74, 6) is 14.2. The van der Waals surface area contributed by atoms with Gasteiger partial charge in [-0.1, -0.05) is 90.0 Å². The van der Waals surface area contributed by atoms with Crippen molar-refractivity contribution in [3.8, 4) is 47.9 Å². The van der Waals surface area contributed by atoms with E-state index in [1.165, 1.54) is 49.6 Å². The van der Waals surface area contributed by atoms with Crippen LogP contribution < -0.4 is 32.7 Å². The lowest BCUT2D eigenvalue weighted by Gasteiger charge is -2.19. The van der Waals surface area contributed by atoms with Crippen LogP contribution in [0.15, 0.2) is 243 Å². The number of aryl methyl sites for hydroxylation is 4. The number of amidine groups is 2. The number of nitrogens with one attached hydrogen (secondary N) is 8. The zero-order valence-corrected chi connectivity index (χ0v) is 82.3. The van der Waals surface area contributed by atoms with Crippen molar-refractivity contribution >= 4 is 147 Å². The van der Waals surface area contributed by atoms with Crippen molar-refractivity contribution in [2.24, 2.45) is 11.5 Å². The zero-order valence-electron chi connectivity index (χ0n) is 78.5. The number of nitrogens with zero attached hydrogens (tertiary/aromatic N) is 4. The van der Waals surface area contributed by atoms with Crippen molar-refractivity contribution in [2.45, 2.75) is 118 Å². The first-order valence-corrected chi connectivity index (χ1v) is 43.6. The van der Waals surface area contributed by atoms with Gasteiger partial charge in [0.2, 0.25) is 0 Å². The molecule has 0 bridgehead atoms. The Kier molecular flexibility index (Phi) is 43.2. The highest BCUT2D eigenvalue weighted by molar-refractivity contribution is 14.1. The summed E-state index contributed by atoms with van der Waals surface area (Å²) in [5, 5.41) is 40.3. The highest BCUT2D eigenvalue weighted by atomic mass is 127. The average molecular weight is 2160 g/mol. The van der Waals surface area contributed by atoms with Crippen LogP contribution in [-0.2, 0) is 34.2 Å². The first-order chi connectivity index (χ1) is 67.6. The quantitative estimate of drug-likeness (QED) is 0.00573. The van der Waals surface area contributed by atoms with Gasteiger partial charge in [-0.15, -0.1) is 31.2 Å². The number of ketones is 4. The van der Waals surface area contributed by atoms with Crippen molar-refractivity contribution in [3.63, 3.8) is 0 Å². The van der Waals surface area contributed by atoms with E-state index < -0.39 is 137 Å². The lowest BCUT2D eigenvalue weighted by atomic mass is 9.99. The second kappa shape index (κ2) is 53.5. The molecule has 0 aliphatic heterocycles. The van der Waals surface area contributed by atoms with Crippen LogP contribution in [0, 0.1) is 101 Å². The van der Waals surface area contributed by atoms with Crippen molar-refractivity contribution < 1.29 is 101 Å². The van der Waals surface area contributed by atoms with Crippen LogP contribution >= 0.6 is 47.4 Å². The Morgan fingerprint density at radius 2 is 0.610 bits per heavy atom. The van der Waals surface area contributed by atoms with Crippen LogP contribution in [0.3, 0.4) is 0 Å². The number of amides is 4. The number of pyridine rings is 4. The molecule has 752 valence electrons. The maximum atomic E-state index is 13.4. The normalized spacial score (nSPS) is 10.6. The monoisotopic (exact) mass is 2150 g/mol. The molecule has 24 nitrogen and oxygen atoms in total. The Morgan fingerprint density at radius 1 is 0.349 bits per heavy atom. The zero-order chi connectivity index (χ0) is 106. The van der Waals surface area contributed by atoms with E-state index >= 15 is 0 Å². The molecule has 12 N–H and O–H groups in total. The van der Waals surface area contributed by atoms with Crippen molar-refractivity contribution in [2.75, 3.05) is 21.3 Å². The summed E-state index contributed by atoms with van der Waals surface area (Å²) in [4.78, 5) is 127. The van der Waals surface area contributed by atoms with Gasteiger partial charge in [-0.2, -0.15) is 52.7 Å². The topological polar surface area (TPSA) is 410 Å². The van der Waals surface area contributed by atoms with E-state index in [0.717, 1.165) is 45.5 Å². The van der Waals surface area contributed by atoms with Gasteiger partial charge in [0.1, 0.15) is 28.9 Å². The summed E-state index contributed by atoms with van der Waals surface area (Å²) in [7, 11) is 0. The summed E-state index contributed by atoms with van der Waals surface area (Å²) in [6.07, 6.45) is -9.48. The highest BCUT2D eigenvalue weighted by Gasteiger charge is 2.36. The second-order valence-electron chi connectivity index (χ2n) is 32.4. The molecule has 0 fully saturated rings. The first-order valence-electron chi connectivity index (χ1n) is 42.6. The fraction of sp³-hybridized carbons (Fsp3) is 0.168. The van der Waals surface area contributed by atoms with E-state index in [0.29, 0.717) is 97.1 Å². The van der Waals surface area contributed by atoms with Gasteiger partial charge < -0.3 is 48.3 Å². The van der Waals surface area contributed by atoms with E-state index in [-0.39, 0.29) is 93.1 Å². The SMILES string of the molecule is C#Cc1cc(C(=O)CC(=N)CC(=O)OC(C)(C)C)cc(C(F)(F)F)c1.CC(=N)CC(=O)c1cc(C#Cc2ccc(C)c(C(=O)Nc3ccccn3)c2)cc(C(F)(F)F)c1.Cc1ccc(C#Cc2cc(C(=O)CC(=N)N)cc(C(F)(F)F)c2)cc1C(=O)Nc1ccccn1.Cc1ccc(C#Cc2cc(C(=O)CC(=N)N)cc(C(F)(F)F)c2)cc1C(=O)Nc1ccccn1.Cc1ccc(I)cc1C(=O)Nc1ccccn1.Cl.Cl. The van der Waals surface area contributed by atoms with Gasteiger partial charge in [-0.25, -0.2) is 19.9 Å². The molecule has 4 amide bonds. The number of carbonyl (C=O) groups excluding carboxylic acids is 9. The molecule has 0 aliphatic rings. The average Bonchev–Trinajstić information content (AvgIpc) is 0.818. The lowest BCUT2D eigenvalue weighted by Crippen LogP contribution is -2.25. The number of nitrogens with two attached hydrogens (primary N) is 2. The van der Waals surface area contributed by atoms with Gasteiger partial charge in [0.15, 0.2) is 23.1 Å². The number of rotatable bonds is 22. The lowest BCUT2D eigenvalue weighted by molar-refractivity contribution is -0.153. The van der Waals surface area contributed by atoms with Crippen LogP contribution in [0.2, 0.25) is 0 Å². The number of benzene rings is 8. The minimum atomic E-state index is -4.69. The molecule has 0 unspecified atom stereocenters. The number of hydrogen-bond donors (Lipinski definition) is 10. The third kappa shape index (κ3) is 38.7. The number of alkyl halides is 12. The van der Waals surface area contributed by atoms with E-state index in [1.807, 2.05) is 37.3 Å². The molecule has 4 heterocycles. The van der Waals surface area contributed by atoms with Gasteiger partial charge in [0, 0.05) is 136 Å². The molecule has 12 aromatic rings. The second-order valence-corrected chi connectivity index (χ2v) is 33.6. The summed E-state index contributed by atoms with van der Waals surface area (Å²) in [6.45, 7) is 13.5. The molecule has 0 saturated heterocycles. The molecule has 0 spiro atoms. The molecule has 39 heteroatoms.